The molecule has 84 valence electrons. The normalized spacial score (nSPS) is 9.50. The van der Waals surface area contributed by atoms with E-state index in [-0.39, 0.29) is 0 Å². The number of hydrogen-bond donors (Lipinski definition) is 1. The van der Waals surface area contributed by atoms with Crippen molar-refractivity contribution in [1.29, 1.82) is 0 Å². The zero-order valence-electron chi connectivity index (χ0n) is 9.57. The van der Waals surface area contributed by atoms with Gasteiger partial charge in [0.25, 0.3) is 0 Å². The summed E-state index contributed by atoms with van der Waals surface area (Å²) in [6.45, 7) is 4.10. The number of methoxy groups -OCH3 is 1. The third-order valence-electron chi connectivity index (χ3n) is 2.17. The maximum atomic E-state index is 10.3. The molecule has 0 bridgehead atoms. The van der Waals surface area contributed by atoms with Gasteiger partial charge in [0.15, 0.2) is 0 Å². The standard InChI is InChI=1S/C13H14O3/c1-9(2)11-8-10(5-7-13(14)15)4-6-12(11)16-3/h4,6,8-9H,1-3H3,(H,14,15). The molecule has 0 amide bonds. The SMILES string of the molecule is COc1ccc(C#CC(=O)O)cc1C(C)C. The molecule has 0 heterocycles. The summed E-state index contributed by atoms with van der Waals surface area (Å²) in [5.41, 5.74) is 1.71. The molecule has 0 radical (unpaired) electrons. The van der Waals surface area contributed by atoms with Crippen molar-refractivity contribution in [3.63, 3.8) is 0 Å². The fourth-order valence-corrected chi connectivity index (χ4v) is 1.39. The average molecular weight is 218 g/mol. The highest BCUT2D eigenvalue weighted by Crippen LogP contribution is 2.26. The topological polar surface area (TPSA) is 46.5 Å². The van der Waals surface area contributed by atoms with Gasteiger partial charge in [-0.15, -0.1) is 0 Å². The molecule has 0 aliphatic heterocycles. The zero-order valence-corrected chi connectivity index (χ0v) is 9.57. The van der Waals surface area contributed by atoms with Crippen molar-refractivity contribution in [3.05, 3.63) is 29.3 Å². The van der Waals surface area contributed by atoms with Gasteiger partial charge in [-0.2, -0.15) is 0 Å². The molecule has 1 rings (SSSR count). The first kappa shape index (κ1) is 12.1. The summed E-state index contributed by atoms with van der Waals surface area (Å²) in [6, 6.07) is 5.42. The molecule has 0 aliphatic rings. The van der Waals surface area contributed by atoms with Gasteiger partial charge in [-0.3, -0.25) is 0 Å². The van der Waals surface area contributed by atoms with E-state index in [9.17, 15) is 4.79 Å². The van der Waals surface area contributed by atoms with E-state index in [1.807, 2.05) is 19.9 Å². The van der Waals surface area contributed by atoms with Crippen LogP contribution in [0.1, 0.15) is 30.9 Å². The van der Waals surface area contributed by atoms with Gasteiger partial charge < -0.3 is 9.84 Å². The lowest BCUT2D eigenvalue weighted by Crippen LogP contribution is -1.95. The number of carbonyl (C=O) groups is 1. The summed E-state index contributed by atoms with van der Waals surface area (Å²) >= 11 is 0. The molecule has 0 unspecified atom stereocenters. The van der Waals surface area contributed by atoms with Crippen molar-refractivity contribution in [2.75, 3.05) is 7.11 Å². The smallest absolute Gasteiger partial charge is 0.382 e. The van der Waals surface area contributed by atoms with E-state index < -0.39 is 5.97 Å². The Morgan fingerprint density at radius 2 is 2.12 bits per heavy atom. The summed E-state index contributed by atoms with van der Waals surface area (Å²) in [5.74, 6) is 4.66. The van der Waals surface area contributed by atoms with Crippen LogP contribution < -0.4 is 4.74 Å². The van der Waals surface area contributed by atoms with Gasteiger partial charge in [0.1, 0.15) is 5.75 Å². The first-order valence-electron chi connectivity index (χ1n) is 4.97. The third kappa shape index (κ3) is 3.03. The van der Waals surface area contributed by atoms with E-state index in [2.05, 4.69) is 11.8 Å². The van der Waals surface area contributed by atoms with E-state index in [4.69, 9.17) is 9.84 Å². The van der Waals surface area contributed by atoms with Crippen LogP contribution in [0, 0.1) is 11.8 Å². The van der Waals surface area contributed by atoms with Crippen molar-refractivity contribution in [3.8, 4) is 17.6 Å². The van der Waals surface area contributed by atoms with Gasteiger partial charge in [0, 0.05) is 11.5 Å². The Hall–Kier alpha value is -1.95. The predicted molar refractivity (Wildman–Crippen MR) is 61.6 cm³/mol. The minimum Gasteiger partial charge on any atom is -0.496 e. The number of hydrogen-bond acceptors (Lipinski definition) is 2. The number of ether oxygens (including phenoxy) is 1. The summed E-state index contributed by atoms with van der Waals surface area (Å²) < 4.78 is 5.22. The van der Waals surface area contributed by atoms with Crippen LogP contribution in [0.5, 0.6) is 5.75 Å². The highest BCUT2D eigenvalue weighted by atomic mass is 16.5. The number of carboxylic acids is 1. The largest absolute Gasteiger partial charge is 0.496 e. The zero-order chi connectivity index (χ0) is 12.1. The molecule has 0 saturated heterocycles. The van der Waals surface area contributed by atoms with E-state index in [0.29, 0.717) is 11.5 Å². The second-order valence-electron chi connectivity index (χ2n) is 3.67. The second kappa shape index (κ2) is 5.22. The van der Waals surface area contributed by atoms with Crippen LogP contribution in [0.4, 0.5) is 0 Å². The van der Waals surface area contributed by atoms with Crippen LogP contribution in [0.2, 0.25) is 0 Å². The Bertz CT molecular complexity index is 450. The van der Waals surface area contributed by atoms with Gasteiger partial charge in [-0.1, -0.05) is 19.8 Å². The second-order valence-corrected chi connectivity index (χ2v) is 3.67. The van der Waals surface area contributed by atoms with Crippen LogP contribution in [0.25, 0.3) is 0 Å². The summed E-state index contributed by atoms with van der Waals surface area (Å²) in [6.07, 6.45) is 0. The molecule has 1 aromatic rings. The van der Waals surface area contributed by atoms with Crippen molar-refractivity contribution in [1.82, 2.24) is 0 Å². The molecule has 3 heteroatoms. The summed E-state index contributed by atoms with van der Waals surface area (Å²) in [7, 11) is 1.61. The molecule has 0 aromatic heterocycles. The first-order chi connectivity index (χ1) is 7.54. The molecule has 3 nitrogen and oxygen atoms in total. The maximum absolute atomic E-state index is 10.3. The van der Waals surface area contributed by atoms with Crippen molar-refractivity contribution < 1.29 is 14.6 Å². The molecule has 16 heavy (non-hydrogen) atoms. The molecule has 1 N–H and O–H groups in total. The van der Waals surface area contributed by atoms with Gasteiger partial charge in [-0.05, 0) is 29.7 Å². The molecule has 0 saturated carbocycles. The highest BCUT2D eigenvalue weighted by molar-refractivity contribution is 5.87. The van der Waals surface area contributed by atoms with Crippen LogP contribution in [0.15, 0.2) is 18.2 Å². The molecular formula is C13H14O3. The van der Waals surface area contributed by atoms with Gasteiger partial charge in [0.2, 0.25) is 0 Å². The fraction of sp³-hybridized carbons (Fsp3) is 0.308. The van der Waals surface area contributed by atoms with E-state index in [1.54, 1.807) is 19.2 Å². The van der Waals surface area contributed by atoms with Crippen molar-refractivity contribution in [2.45, 2.75) is 19.8 Å². The maximum Gasteiger partial charge on any atom is 0.382 e. The summed E-state index contributed by atoms with van der Waals surface area (Å²) in [4.78, 5) is 10.3. The molecule has 0 fully saturated rings. The Morgan fingerprint density at radius 1 is 1.44 bits per heavy atom. The highest BCUT2D eigenvalue weighted by Gasteiger charge is 2.07. The van der Waals surface area contributed by atoms with Crippen LogP contribution in [-0.2, 0) is 4.79 Å². The number of aliphatic carboxylic acids is 1. The minimum absolute atomic E-state index is 0.307. The lowest BCUT2D eigenvalue weighted by Gasteiger charge is -2.11. The molecular weight excluding hydrogens is 204 g/mol. The first-order valence-corrected chi connectivity index (χ1v) is 4.97. The molecule has 0 aliphatic carbocycles. The van der Waals surface area contributed by atoms with Gasteiger partial charge in [-0.25, -0.2) is 4.79 Å². The van der Waals surface area contributed by atoms with E-state index in [1.165, 1.54) is 0 Å². The van der Waals surface area contributed by atoms with Crippen LogP contribution >= 0.6 is 0 Å². The predicted octanol–water partition coefficient (Wildman–Crippen LogP) is 2.25. The van der Waals surface area contributed by atoms with Gasteiger partial charge >= 0.3 is 5.97 Å². The van der Waals surface area contributed by atoms with E-state index in [0.717, 1.165) is 11.3 Å². The van der Waals surface area contributed by atoms with Crippen molar-refractivity contribution in [2.24, 2.45) is 0 Å². The third-order valence-corrected chi connectivity index (χ3v) is 2.17. The van der Waals surface area contributed by atoms with Crippen LogP contribution in [0.3, 0.4) is 0 Å². The monoisotopic (exact) mass is 218 g/mol. The summed E-state index contributed by atoms with van der Waals surface area (Å²) in [5, 5.41) is 8.46. The number of rotatable bonds is 2. The Balaban J connectivity index is 3.13. The molecule has 0 atom stereocenters. The Morgan fingerprint density at radius 3 is 2.62 bits per heavy atom. The lowest BCUT2D eigenvalue weighted by molar-refractivity contribution is -0.130. The van der Waals surface area contributed by atoms with Gasteiger partial charge in [0.05, 0.1) is 7.11 Å². The quantitative estimate of drug-likeness (QED) is 0.774. The number of benzene rings is 1. The van der Waals surface area contributed by atoms with Crippen molar-refractivity contribution >= 4 is 5.97 Å². The fourth-order valence-electron chi connectivity index (χ4n) is 1.39. The van der Waals surface area contributed by atoms with E-state index >= 15 is 0 Å². The Labute approximate surface area is 95.1 Å². The lowest BCUT2D eigenvalue weighted by atomic mass is 10.00. The average Bonchev–Trinajstić information content (AvgIpc) is 2.25. The minimum atomic E-state index is -1.12. The van der Waals surface area contributed by atoms with Crippen LogP contribution in [-0.4, -0.2) is 18.2 Å². The molecule has 0 spiro atoms. The molecule has 1 aromatic carbocycles. The number of carboxylic acid groups (broad SMARTS) is 1. The Kier molecular flexibility index (Phi) is 3.96.